The van der Waals surface area contributed by atoms with Crippen molar-refractivity contribution in [3.63, 3.8) is 0 Å². The summed E-state index contributed by atoms with van der Waals surface area (Å²) < 4.78 is 8.03. The molecule has 0 bridgehead atoms. The molecule has 5 rings (SSSR count). The number of halogens is 1. The van der Waals surface area contributed by atoms with Gasteiger partial charge in [-0.3, -0.25) is 23.5 Å². The number of amides is 2. The zero-order chi connectivity index (χ0) is 28.9. The fourth-order valence-electron chi connectivity index (χ4n) is 4.99. The number of hydrogen-bond donors (Lipinski definition) is 2. The van der Waals surface area contributed by atoms with E-state index < -0.39 is 17.2 Å². The molecule has 1 atom stereocenters. The average molecular weight is 575 g/mol. The van der Waals surface area contributed by atoms with E-state index >= 15 is 0 Å². The molecule has 1 aromatic heterocycles. The predicted molar refractivity (Wildman–Crippen MR) is 159 cm³/mol. The molecular formula is C31H31ClN4O5. The maximum Gasteiger partial charge on any atom is 0.332 e. The Morgan fingerprint density at radius 1 is 1.02 bits per heavy atom. The highest BCUT2D eigenvalue weighted by molar-refractivity contribution is 6.31. The highest BCUT2D eigenvalue weighted by Crippen LogP contribution is 2.21. The molecular weight excluding hydrogens is 544 g/mol. The summed E-state index contributed by atoms with van der Waals surface area (Å²) in [5.74, 6) is -0.817. The van der Waals surface area contributed by atoms with E-state index in [1.54, 1.807) is 24.3 Å². The van der Waals surface area contributed by atoms with Gasteiger partial charge in [0.15, 0.2) is 0 Å². The molecule has 212 valence electrons. The Morgan fingerprint density at radius 2 is 1.83 bits per heavy atom. The van der Waals surface area contributed by atoms with Crippen LogP contribution < -0.4 is 21.9 Å². The largest absolute Gasteiger partial charge is 0.376 e. The minimum atomic E-state index is -0.641. The number of fused-ring (bicyclic) bond motifs is 1. The summed E-state index contributed by atoms with van der Waals surface area (Å²) in [6.07, 6.45) is 1.98. The van der Waals surface area contributed by atoms with Crippen molar-refractivity contribution in [3.05, 3.63) is 109 Å². The Balaban J connectivity index is 1.47. The van der Waals surface area contributed by atoms with Crippen LogP contribution in [0.25, 0.3) is 10.9 Å². The third kappa shape index (κ3) is 6.58. The molecule has 1 aliphatic rings. The number of nitrogens with zero attached hydrogens (tertiary/aromatic N) is 2. The second-order valence-electron chi connectivity index (χ2n) is 10.2. The molecule has 41 heavy (non-hydrogen) atoms. The Kier molecular flexibility index (Phi) is 8.66. The van der Waals surface area contributed by atoms with Crippen molar-refractivity contribution in [1.29, 1.82) is 0 Å². The summed E-state index contributed by atoms with van der Waals surface area (Å²) in [7, 11) is 0. The van der Waals surface area contributed by atoms with Gasteiger partial charge in [0.1, 0.15) is 6.54 Å². The van der Waals surface area contributed by atoms with Gasteiger partial charge in [0, 0.05) is 29.4 Å². The smallest absolute Gasteiger partial charge is 0.332 e. The van der Waals surface area contributed by atoms with E-state index in [9.17, 15) is 19.2 Å². The molecule has 1 fully saturated rings. The minimum absolute atomic E-state index is 0.0876. The van der Waals surface area contributed by atoms with Crippen molar-refractivity contribution in [1.82, 2.24) is 14.5 Å². The molecule has 0 radical (unpaired) electrons. The van der Waals surface area contributed by atoms with E-state index in [0.717, 1.165) is 28.5 Å². The summed E-state index contributed by atoms with van der Waals surface area (Å²) in [6, 6.07) is 19.5. The van der Waals surface area contributed by atoms with Crippen LogP contribution in [-0.4, -0.2) is 40.2 Å². The Bertz CT molecular complexity index is 1710. The van der Waals surface area contributed by atoms with Crippen molar-refractivity contribution in [2.45, 2.75) is 45.4 Å². The predicted octanol–water partition coefficient (Wildman–Crippen LogP) is 3.92. The van der Waals surface area contributed by atoms with Crippen LogP contribution in [0.15, 0.2) is 76.3 Å². The van der Waals surface area contributed by atoms with Crippen LogP contribution in [0, 0.1) is 6.92 Å². The monoisotopic (exact) mass is 574 g/mol. The second-order valence-corrected chi connectivity index (χ2v) is 10.6. The van der Waals surface area contributed by atoms with Crippen LogP contribution in [0.3, 0.4) is 0 Å². The average Bonchev–Trinajstić information content (AvgIpc) is 3.49. The van der Waals surface area contributed by atoms with Crippen LogP contribution in [0.2, 0.25) is 5.02 Å². The first-order valence-electron chi connectivity index (χ1n) is 13.6. The molecule has 0 unspecified atom stereocenters. The first-order valence-corrected chi connectivity index (χ1v) is 13.9. The maximum atomic E-state index is 13.7. The molecule has 4 aromatic rings. The Morgan fingerprint density at radius 3 is 2.59 bits per heavy atom. The van der Waals surface area contributed by atoms with Crippen molar-refractivity contribution < 1.29 is 14.3 Å². The number of carbonyl (C=O) groups excluding carboxylic acids is 2. The topological polar surface area (TPSA) is 111 Å². The lowest BCUT2D eigenvalue weighted by molar-refractivity contribution is -0.116. The zero-order valence-electron chi connectivity index (χ0n) is 22.7. The lowest BCUT2D eigenvalue weighted by atomic mass is 10.1. The van der Waals surface area contributed by atoms with Gasteiger partial charge in [-0.15, -0.1) is 0 Å². The number of aromatic nitrogens is 2. The Labute approximate surface area is 241 Å². The van der Waals surface area contributed by atoms with Crippen LogP contribution in [-0.2, 0) is 29.0 Å². The molecule has 0 aliphatic carbocycles. The highest BCUT2D eigenvalue weighted by atomic mass is 35.5. The first-order chi connectivity index (χ1) is 19.8. The molecule has 9 nitrogen and oxygen atoms in total. The maximum absolute atomic E-state index is 13.7. The number of carbonyl (C=O) groups is 2. The molecule has 2 heterocycles. The molecule has 2 N–H and O–H groups in total. The third-order valence-corrected chi connectivity index (χ3v) is 7.45. The van der Waals surface area contributed by atoms with E-state index in [2.05, 4.69) is 10.6 Å². The standard InChI is InChI=1S/C31H31ClN4O5/c1-20-9-11-23(32)17-26(20)34-28(37)19-35-27-16-22(29(38)33-14-13-21-6-3-2-4-7-21)10-12-25(27)30(39)36(31(35)40)18-24-8-5-15-41-24/h2-4,6-7,9-12,16-17,24H,5,8,13-15,18-19H2,1H3,(H,33,38)(H,34,37)/t24-/m0/s1. The molecule has 2 amide bonds. The highest BCUT2D eigenvalue weighted by Gasteiger charge is 2.22. The van der Waals surface area contributed by atoms with E-state index in [1.807, 2.05) is 37.3 Å². The number of ether oxygens (including phenoxy) is 1. The molecule has 1 saturated heterocycles. The van der Waals surface area contributed by atoms with E-state index in [1.165, 1.54) is 16.7 Å². The number of aryl methyl sites for hydroxylation is 1. The molecule has 10 heteroatoms. The minimum Gasteiger partial charge on any atom is -0.376 e. The summed E-state index contributed by atoms with van der Waals surface area (Å²) in [5, 5.41) is 6.38. The van der Waals surface area contributed by atoms with Gasteiger partial charge >= 0.3 is 5.69 Å². The normalized spacial score (nSPS) is 14.7. The summed E-state index contributed by atoms with van der Waals surface area (Å²) >= 11 is 6.11. The fourth-order valence-corrected chi connectivity index (χ4v) is 5.17. The quantitative estimate of drug-likeness (QED) is 0.315. The zero-order valence-corrected chi connectivity index (χ0v) is 23.4. The summed E-state index contributed by atoms with van der Waals surface area (Å²) in [5.41, 5.74) is 1.77. The number of benzene rings is 3. The van der Waals surface area contributed by atoms with Gasteiger partial charge in [-0.05, 0) is 67.6 Å². The van der Waals surface area contributed by atoms with Gasteiger partial charge in [-0.1, -0.05) is 48.0 Å². The van der Waals surface area contributed by atoms with Crippen LogP contribution in [0.5, 0.6) is 0 Å². The summed E-state index contributed by atoms with van der Waals surface area (Å²) in [4.78, 5) is 53.3. The summed E-state index contributed by atoms with van der Waals surface area (Å²) in [6.45, 7) is 2.54. The van der Waals surface area contributed by atoms with Crippen molar-refractivity contribution in [3.8, 4) is 0 Å². The van der Waals surface area contributed by atoms with Crippen LogP contribution in [0.4, 0.5) is 5.69 Å². The van der Waals surface area contributed by atoms with Crippen LogP contribution in [0.1, 0.15) is 34.3 Å². The van der Waals surface area contributed by atoms with Crippen molar-refractivity contribution >= 4 is 40.0 Å². The van der Waals surface area contributed by atoms with Crippen molar-refractivity contribution in [2.75, 3.05) is 18.5 Å². The Hall–Kier alpha value is -4.21. The van der Waals surface area contributed by atoms with Gasteiger partial charge in [0.05, 0.1) is 23.6 Å². The number of rotatable bonds is 9. The van der Waals surface area contributed by atoms with Crippen LogP contribution >= 0.6 is 11.6 Å². The number of anilines is 1. The van der Waals surface area contributed by atoms with Gasteiger partial charge in [0.25, 0.3) is 11.5 Å². The van der Waals surface area contributed by atoms with E-state index in [-0.39, 0.29) is 41.6 Å². The van der Waals surface area contributed by atoms with E-state index in [4.69, 9.17) is 16.3 Å². The molecule has 0 saturated carbocycles. The first kappa shape index (κ1) is 28.3. The number of hydrogen-bond acceptors (Lipinski definition) is 5. The molecule has 1 aliphatic heterocycles. The molecule has 0 spiro atoms. The number of nitrogens with one attached hydrogen (secondary N) is 2. The van der Waals surface area contributed by atoms with Crippen molar-refractivity contribution in [2.24, 2.45) is 0 Å². The SMILES string of the molecule is Cc1ccc(Cl)cc1NC(=O)Cn1c(=O)n(C[C@@H]2CCCO2)c(=O)c2ccc(C(=O)NCCc3ccccc3)cc21. The van der Waals surface area contributed by atoms with E-state index in [0.29, 0.717) is 30.3 Å². The molecule has 3 aromatic carbocycles. The second kappa shape index (κ2) is 12.5. The fraction of sp³-hybridized carbons (Fsp3) is 0.290. The lowest BCUT2D eigenvalue weighted by Crippen LogP contribution is -2.43. The van der Waals surface area contributed by atoms with Gasteiger partial charge < -0.3 is 15.4 Å². The van der Waals surface area contributed by atoms with Gasteiger partial charge in [-0.2, -0.15) is 0 Å². The third-order valence-electron chi connectivity index (χ3n) is 7.22. The van der Waals surface area contributed by atoms with Gasteiger partial charge in [-0.25, -0.2) is 4.79 Å². The van der Waals surface area contributed by atoms with Gasteiger partial charge in [0.2, 0.25) is 5.91 Å². The lowest BCUT2D eigenvalue weighted by Gasteiger charge is -2.17.